The summed E-state index contributed by atoms with van der Waals surface area (Å²) in [7, 11) is 0. The van der Waals surface area contributed by atoms with Gasteiger partial charge < -0.3 is 4.74 Å². The molecule has 4 atom stereocenters. The number of rotatable bonds is 6. The minimum atomic E-state index is -0.645. The van der Waals surface area contributed by atoms with Gasteiger partial charge in [-0.05, 0) is 62.0 Å². The molecule has 2 aliphatic rings. The molecule has 0 spiro atoms. The van der Waals surface area contributed by atoms with Gasteiger partial charge in [-0.3, -0.25) is 4.79 Å². The lowest BCUT2D eigenvalue weighted by Crippen LogP contribution is -2.35. The van der Waals surface area contributed by atoms with Crippen LogP contribution in [0.1, 0.15) is 76.7 Å². The molecule has 2 fully saturated rings. The van der Waals surface area contributed by atoms with E-state index in [2.05, 4.69) is 6.92 Å². The Morgan fingerprint density at radius 3 is 2.70 bits per heavy atom. The van der Waals surface area contributed by atoms with Gasteiger partial charge in [0.15, 0.2) is 0 Å². The molecule has 0 N–H and O–H groups in total. The summed E-state index contributed by atoms with van der Waals surface area (Å²) in [6.45, 7) is 2.25. The van der Waals surface area contributed by atoms with E-state index in [0.29, 0.717) is 5.92 Å². The van der Waals surface area contributed by atoms with Crippen molar-refractivity contribution in [1.82, 2.24) is 0 Å². The second-order valence-corrected chi connectivity index (χ2v) is 8.38. The molecule has 4 heteroatoms. The molecule has 0 aliphatic heterocycles. The van der Waals surface area contributed by atoms with E-state index in [1.807, 2.05) is 0 Å². The van der Waals surface area contributed by atoms with Crippen molar-refractivity contribution in [2.24, 2.45) is 23.7 Å². The molecule has 2 unspecified atom stereocenters. The fourth-order valence-corrected chi connectivity index (χ4v) is 5.00. The zero-order valence-electron chi connectivity index (χ0n) is 16.3. The molecule has 27 heavy (non-hydrogen) atoms. The molecule has 0 aromatic heterocycles. The van der Waals surface area contributed by atoms with Crippen molar-refractivity contribution >= 4 is 5.97 Å². The van der Waals surface area contributed by atoms with Crippen molar-refractivity contribution in [3.63, 3.8) is 0 Å². The Hall–Kier alpha value is -1.89. The van der Waals surface area contributed by atoms with Gasteiger partial charge in [-0.25, -0.2) is 4.39 Å². The maximum atomic E-state index is 13.7. The number of esters is 1. The van der Waals surface area contributed by atoms with E-state index < -0.39 is 5.82 Å². The minimum Gasteiger partial charge on any atom is -0.426 e. The van der Waals surface area contributed by atoms with Gasteiger partial charge in [0.1, 0.15) is 17.6 Å². The summed E-state index contributed by atoms with van der Waals surface area (Å²) in [5, 5.41) is 8.79. The first-order valence-corrected chi connectivity index (χ1v) is 10.5. The Bertz CT molecular complexity index is 696. The van der Waals surface area contributed by atoms with E-state index in [0.717, 1.165) is 37.2 Å². The van der Waals surface area contributed by atoms with Crippen LogP contribution >= 0.6 is 0 Å². The summed E-state index contributed by atoms with van der Waals surface area (Å²) in [5.74, 6) is 1.50. The van der Waals surface area contributed by atoms with Crippen LogP contribution in [0.5, 0.6) is 5.75 Å². The number of halogens is 1. The van der Waals surface area contributed by atoms with E-state index in [1.165, 1.54) is 57.1 Å². The monoisotopic (exact) mass is 371 g/mol. The molecule has 0 heterocycles. The molecule has 1 aromatic carbocycles. The van der Waals surface area contributed by atoms with E-state index in [-0.39, 0.29) is 23.2 Å². The Labute approximate surface area is 161 Å². The van der Waals surface area contributed by atoms with E-state index >= 15 is 0 Å². The van der Waals surface area contributed by atoms with Gasteiger partial charge in [0.25, 0.3) is 0 Å². The zero-order valence-corrected chi connectivity index (χ0v) is 16.3. The van der Waals surface area contributed by atoms with Gasteiger partial charge >= 0.3 is 5.97 Å². The third-order valence-electron chi connectivity index (χ3n) is 6.55. The Balaban J connectivity index is 1.50. The third kappa shape index (κ3) is 5.09. The summed E-state index contributed by atoms with van der Waals surface area (Å²) >= 11 is 0. The first kappa shape index (κ1) is 19.9. The van der Waals surface area contributed by atoms with Crippen LogP contribution in [0.2, 0.25) is 0 Å². The molecule has 0 bridgehead atoms. The van der Waals surface area contributed by atoms with Gasteiger partial charge in [-0.15, -0.1) is 0 Å². The van der Waals surface area contributed by atoms with E-state index in [9.17, 15) is 9.18 Å². The minimum absolute atomic E-state index is 0.0361. The maximum Gasteiger partial charge on any atom is 0.314 e. The molecule has 3 nitrogen and oxygen atoms in total. The second-order valence-electron chi connectivity index (χ2n) is 8.38. The van der Waals surface area contributed by atoms with Gasteiger partial charge in [-0.2, -0.15) is 5.26 Å². The van der Waals surface area contributed by atoms with Crippen molar-refractivity contribution in [3.8, 4) is 11.8 Å². The Kier molecular flexibility index (Phi) is 6.88. The first-order chi connectivity index (χ1) is 13.1. The lowest BCUT2D eigenvalue weighted by Gasteiger charge is -2.41. The molecule has 1 aromatic rings. The molecule has 2 aliphatic carbocycles. The normalized spacial score (nSPS) is 27.4. The second kappa shape index (κ2) is 9.35. The highest BCUT2D eigenvalue weighted by atomic mass is 19.1. The molecular weight excluding hydrogens is 341 g/mol. The topological polar surface area (TPSA) is 50.1 Å². The van der Waals surface area contributed by atoms with Crippen molar-refractivity contribution in [2.45, 2.75) is 71.1 Å². The maximum absolute atomic E-state index is 13.7. The number of benzene rings is 1. The predicted octanol–water partition coefficient (Wildman–Crippen LogP) is 6.02. The van der Waals surface area contributed by atoms with Crippen LogP contribution in [0, 0.1) is 40.8 Å². The van der Waals surface area contributed by atoms with Crippen molar-refractivity contribution in [3.05, 3.63) is 29.6 Å². The molecule has 2 saturated carbocycles. The number of carbonyl (C=O) groups excluding carboxylic acids is 1. The van der Waals surface area contributed by atoms with Crippen LogP contribution in [0.25, 0.3) is 0 Å². The number of ether oxygens (including phenoxy) is 1. The van der Waals surface area contributed by atoms with E-state index in [4.69, 9.17) is 10.00 Å². The summed E-state index contributed by atoms with van der Waals surface area (Å²) in [6, 6.07) is 5.75. The van der Waals surface area contributed by atoms with Gasteiger partial charge in [0, 0.05) is 6.07 Å². The number of nitrogens with zero attached hydrogens (tertiary/aromatic N) is 1. The lowest BCUT2D eigenvalue weighted by molar-refractivity contribution is -0.141. The van der Waals surface area contributed by atoms with Crippen LogP contribution in [-0.2, 0) is 4.79 Å². The number of hydrogen-bond acceptors (Lipinski definition) is 3. The molecular formula is C23H30FNO2. The highest BCUT2D eigenvalue weighted by Crippen LogP contribution is 2.46. The van der Waals surface area contributed by atoms with E-state index in [1.54, 1.807) is 6.07 Å². The number of fused-ring (bicyclic) bond motifs is 1. The average Bonchev–Trinajstić information content (AvgIpc) is 2.68. The lowest BCUT2D eigenvalue weighted by atomic mass is 9.64. The smallest absolute Gasteiger partial charge is 0.314 e. The van der Waals surface area contributed by atoms with Crippen LogP contribution in [0.3, 0.4) is 0 Å². The Morgan fingerprint density at radius 1 is 1.19 bits per heavy atom. The van der Waals surface area contributed by atoms with Crippen LogP contribution in [0.15, 0.2) is 18.2 Å². The number of carbonyl (C=O) groups is 1. The highest BCUT2D eigenvalue weighted by Gasteiger charge is 2.38. The van der Waals surface area contributed by atoms with Gasteiger partial charge in [0.05, 0.1) is 11.5 Å². The Morgan fingerprint density at radius 2 is 1.96 bits per heavy atom. The number of nitriles is 1. The summed E-state index contributed by atoms with van der Waals surface area (Å²) < 4.78 is 19.1. The fraction of sp³-hybridized carbons (Fsp3) is 0.652. The summed E-state index contributed by atoms with van der Waals surface area (Å²) in [5.41, 5.74) is -0.0361. The van der Waals surface area contributed by atoms with Gasteiger partial charge in [-0.1, -0.05) is 39.0 Å². The van der Waals surface area contributed by atoms with Crippen molar-refractivity contribution in [1.29, 1.82) is 5.26 Å². The highest BCUT2D eigenvalue weighted by molar-refractivity contribution is 5.75. The molecule has 146 valence electrons. The largest absolute Gasteiger partial charge is 0.426 e. The fourth-order valence-electron chi connectivity index (χ4n) is 5.00. The summed E-state index contributed by atoms with van der Waals surface area (Å²) in [4.78, 5) is 12.5. The van der Waals surface area contributed by atoms with Crippen molar-refractivity contribution in [2.75, 3.05) is 0 Å². The number of hydrogen-bond donors (Lipinski definition) is 0. The van der Waals surface area contributed by atoms with Crippen LogP contribution in [-0.4, -0.2) is 5.97 Å². The van der Waals surface area contributed by atoms with Crippen LogP contribution < -0.4 is 4.74 Å². The third-order valence-corrected chi connectivity index (χ3v) is 6.55. The average molecular weight is 371 g/mol. The summed E-state index contributed by atoms with van der Waals surface area (Å²) in [6.07, 6.45) is 12.1. The van der Waals surface area contributed by atoms with Crippen molar-refractivity contribution < 1.29 is 13.9 Å². The molecule has 3 rings (SSSR count). The first-order valence-electron chi connectivity index (χ1n) is 10.5. The molecule has 0 saturated heterocycles. The quantitative estimate of drug-likeness (QED) is 0.349. The zero-order chi connectivity index (χ0) is 19.2. The standard InChI is InChI=1S/C23H30FNO2/c1-2-3-4-5-16-6-7-18-13-19(9-8-17(18)12-16)23(26)27-21-11-10-20(15-25)22(24)14-21/h10-11,14,16-19H,2-9,12-13H2,1H3/t16?,17-,18?,19-/m1/s1. The SMILES string of the molecule is CCCCCC1CCC2C[C@H](C(=O)Oc3ccc(C#N)c(F)c3)CC[C@@H]2C1. The van der Waals surface area contributed by atoms with Gasteiger partial charge in [0.2, 0.25) is 0 Å². The molecule has 0 amide bonds. The predicted molar refractivity (Wildman–Crippen MR) is 103 cm³/mol. The molecule has 0 radical (unpaired) electrons. The van der Waals surface area contributed by atoms with Crippen LogP contribution in [0.4, 0.5) is 4.39 Å². The number of unbranched alkanes of at least 4 members (excludes halogenated alkanes) is 2.